The molecule has 2 amide bonds. The van der Waals surface area contributed by atoms with Crippen LogP contribution in [0, 0.1) is 11.8 Å². The first kappa shape index (κ1) is 22.0. The molecule has 5 atom stereocenters. The van der Waals surface area contributed by atoms with Crippen LogP contribution in [0.4, 0.5) is 0 Å². The highest BCUT2D eigenvalue weighted by atomic mass is 16.6. The molecule has 3 aliphatic rings. The number of esters is 1. The summed E-state index contributed by atoms with van der Waals surface area (Å²) in [6.07, 6.45) is 4.47. The Bertz CT molecular complexity index is 655. The van der Waals surface area contributed by atoms with Crippen molar-refractivity contribution in [3.05, 3.63) is 0 Å². The van der Waals surface area contributed by atoms with Crippen LogP contribution in [0.3, 0.4) is 0 Å². The smallest absolute Gasteiger partial charge is 0.312 e. The van der Waals surface area contributed by atoms with Gasteiger partial charge >= 0.3 is 5.97 Å². The maximum Gasteiger partial charge on any atom is 0.312 e. The maximum atomic E-state index is 13.4. The molecule has 8 heteroatoms. The minimum Gasteiger partial charge on any atom is -0.466 e. The Kier molecular flexibility index (Phi) is 6.53. The Labute approximate surface area is 172 Å². The summed E-state index contributed by atoms with van der Waals surface area (Å²) in [6, 6.07) is -0.783. The molecule has 3 fully saturated rings. The monoisotopic (exact) mass is 410 g/mol. The molecular formula is C21H34N2O6. The number of rotatable bonds is 10. The van der Waals surface area contributed by atoms with Gasteiger partial charge in [-0.3, -0.25) is 14.4 Å². The molecule has 0 aliphatic carbocycles. The second kappa shape index (κ2) is 8.60. The fraction of sp³-hybridized carbons (Fsp3) is 0.857. The Morgan fingerprint density at radius 2 is 2.03 bits per heavy atom. The van der Waals surface area contributed by atoms with Crippen LogP contribution in [0.1, 0.15) is 59.3 Å². The number of aliphatic hydroxyl groups excluding tert-OH is 1. The van der Waals surface area contributed by atoms with Crippen LogP contribution < -0.4 is 5.32 Å². The van der Waals surface area contributed by atoms with Gasteiger partial charge < -0.3 is 24.8 Å². The highest BCUT2D eigenvalue weighted by Crippen LogP contribution is 2.63. The summed E-state index contributed by atoms with van der Waals surface area (Å²) in [4.78, 5) is 40.9. The van der Waals surface area contributed by atoms with Gasteiger partial charge in [0.1, 0.15) is 17.6 Å². The molecule has 2 N–H and O–H groups in total. The van der Waals surface area contributed by atoms with Gasteiger partial charge in [-0.05, 0) is 39.5 Å². The SMILES string of the molecule is CCCCCNC(=O)C1N(CCCO)C(=O)[C@@H]2[C@@H](C(=O)OCC)[C@@]3(C)CCC12O3. The van der Waals surface area contributed by atoms with Crippen molar-refractivity contribution >= 4 is 17.8 Å². The molecule has 3 aliphatic heterocycles. The van der Waals surface area contributed by atoms with Crippen LogP contribution in [0.5, 0.6) is 0 Å². The van der Waals surface area contributed by atoms with E-state index in [0.29, 0.717) is 25.8 Å². The van der Waals surface area contributed by atoms with Gasteiger partial charge in [-0.15, -0.1) is 0 Å². The van der Waals surface area contributed by atoms with Crippen molar-refractivity contribution in [2.45, 2.75) is 76.5 Å². The van der Waals surface area contributed by atoms with Gasteiger partial charge in [0.05, 0.1) is 18.1 Å². The molecule has 3 saturated heterocycles. The second-order valence-electron chi connectivity index (χ2n) is 8.59. The fourth-order valence-corrected chi connectivity index (χ4v) is 5.48. The molecule has 3 rings (SSSR count). The number of unbranched alkanes of at least 4 members (excludes halogenated alkanes) is 2. The van der Waals surface area contributed by atoms with Crippen molar-refractivity contribution in [2.75, 3.05) is 26.3 Å². The average Bonchev–Trinajstić information content (AvgIpc) is 3.24. The molecule has 1 spiro atoms. The number of amides is 2. The van der Waals surface area contributed by atoms with Crippen LogP contribution in [-0.4, -0.2) is 71.3 Å². The molecule has 29 heavy (non-hydrogen) atoms. The summed E-state index contributed by atoms with van der Waals surface area (Å²) in [5, 5.41) is 12.2. The lowest BCUT2D eigenvalue weighted by molar-refractivity contribution is -0.159. The highest BCUT2D eigenvalue weighted by molar-refractivity contribution is 5.98. The predicted octanol–water partition coefficient (Wildman–Crippen LogP) is 1.00. The minimum atomic E-state index is -1.01. The van der Waals surface area contributed by atoms with Gasteiger partial charge in [-0.2, -0.15) is 0 Å². The summed E-state index contributed by atoms with van der Waals surface area (Å²) in [6.45, 7) is 6.64. The number of aliphatic hydroxyl groups is 1. The Morgan fingerprint density at radius 3 is 2.69 bits per heavy atom. The number of ether oxygens (including phenoxy) is 2. The predicted molar refractivity (Wildman–Crippen MR) is 105 cm³/mol. The van der Waals surface area contributed by atoms with Crippen molar-refractivity contribution in [2.24, 2.45) is 11.8 Å². The van der Waals surface area contributed by atoms with E-state index in [2.05, 4.69) is 12.2 Å². The highest BCUT2D eigenvalue weighted by Gasteiger charge is 2.78. The Hall–Kier alpha value is -1.67. The minimum absolute atomic E-state index is 0.0772. The van der Waals surface area contributed by atoms with Gasteiger partial charge in [0.15, 0.2) is 0 Å². The molecule has 0 aromatic carbocycles. The molecule has 0 saturated carbocycles. The van der Waals surface area contributed by atoms with Crippen molar-refractivity contribution in [3.63, 3.8) is 0 Å². The number of nitrogens with one attached hydrogen (secondary N) is 1. The van der Waals surface area contributed by atoms with E-state index < -0.39 is 35.0 Å². The first-order chi connectivity index (χ1) is 13.9. The molecule has 0 aromatic heterocycles. The molecule has 2 bridgehead atoms. The van der Waals surface area contributed by atoms with Gasteiger partial charge in [0, 0.05) is 19.7 Å². The van der Waals surface area contributed by atoms with Crippen LogP contribution in [-0.2, 0) is 23.9 Å². The van der Waals surface area contributed by atoms with Crippen molar-refractivity contribution < 1.29 is 29.0 Å². The first-order valence-corrected chi connectivity index (χ1v) is 10.9. The van der Waals surface area contributed by atoms with Gasteiger partial charge in [-0.1, -0.05) is 19.8 Å². The molecule has 164 valence electrons. The van der Waals surface area contributed by atoms with Crippen molar-refractivity contribution in [3.8, 4) is 0 Å². The molecule has 0 aromatic rings. The van der Waals surface area contributed by atoms with E-state index in [-0.39, 0.29) is 31.6 Å². The van der Waals surface area contributed by atoms with Crippen LogP contribution in [0.25, 0.3) is 0 Å². The third kappa shape index (κ3) is 3.54. The van der Waals surface area contributed by atoms with E-state index >= 15 is 0 Å². The maximum absolute atomic E-state index is 13.4. The zero-order valence-electron chi connectivity index (χ0n) is 17.7. The lowest BCUT2D eigenvalue weighted by Crippen LogP contribution is -2.55. The largest absolute Gasteiger partial charge is 0.466 e. The fourth-order valence-electron chi connectivity index (χ4n) is 5.48. The van der Waals surface area contributed by atoms with E-state index in [1.165, 1.54) is 4.90 Å². The van der Waals surface area contributed by atoms with E-state index in [1.807, 2.05) is 6.92 Å². The van der Waals surface area contributed by atoms with E-state index in [0.717, 1.165) is 19.3 Å². The van der Waals surface area contributed by atoms with Crippen LogP contribution in [0.2, 0.25) is 0 Å². The Balaban J connectivity index is 1.91. The zero-order valence-corrected chi connectivity index (χ0v) is 17.7. The molecule has 3 heterocycles. The number of hydrogen-bond acceptors (Lipinski definition) is 6. The summed E-state index contributed by atoms with van der Waals surface area (Å²) in [5.41, 5.74) is -1.80. The Morgan fingerprint density at radius 1 is 1.28 bits per heavy atom. The van der Waals surface area contributed by atoms with Crippen LogP contribution >= 0.6 is 0 Å². The number of fused-ring (bicyclic) bond motifs is 1. The summed E-state index contributed by atoms with van der Waals surface area (Å²) < 4.78 is 11.7. The number of likely N-dealkylation sites (tertiary alicyclic amines) is 1. The molecule has 2 unspecified atom stereocenters. The van der Waals surface area contributed by atoms with E-state index in [9.17, 15) is 19.5 Å². The van der Waals surface area contributed by atoms with Crippen molar-refractivity contribution in [1.82, 2.24) is 10.2 Å². The lowest BCUT2D eigenvalue weighted by Gasteiger charge is -2.33. The third-order valence-corrected chi connectivity index (χ3v) is 6.70. The van der Waals surface area contributed by atoms with Crippen molar-refractivity contribution in [1.29, 1.82) is 0 Å². The number of nitrogens with zero attached hydrogens (tertiary/aromatic N) is 1. The number of hydrogen-bond donors (Lipinski definition) is 2. The zero-order chi connectivity index (χ0) is 21.2. The third-order valence-electron chi connectivity index (χ3n) is 6.70. The van der Waals surface area contributed by atoms with Gasteiger partial charge in [0.25, 0.3) is 0 Å². The van der Waals surface area contributed by atoms with E-state index in [1.54, 1.807) is 6.92 Å². The summed E-state index contributed by atoms with van der Waals surface area (Å²) in [5.74, 6) is -2.33. The van der Waals surface area contributed by atoms with Gasteiger partial charge in [0.2, 0.25) is 11.8 Å². The topological polar surface area (TPSA) is 105 Å². The lowest BCUT2D eigenvalue weighted by atomic mass is 9.66. The second-order valence-corrected chi connectivity index (χ2v) is 8.59. The quantitative estimate of drug-likeness (QED) is 0.411. The number of carbonyl (C=O) groups excluding carboxylic acids is 3. The summed E-state index contributed by atoms with van der Waals surface area (Å²) in [7, 11) is 0. The molecule has 0 radical (unpaired) electrons. The molecule has 8 nitrogen and oxygen atoms in total. The number of carbonyl (C=O) groups is 3. The standard InChI is InChI=1S/C21H34N2O6/c1-4-6-7-11-22-17(25)16-21-10-9-20(3,29-21)15(19(27)28-5-2)14(21)18(26)23(16)12-8-13-24/h14-16,24H,4-13H2,1-3H3,(H,22,25)/t14-,15-,16?,20+,21?/m0/s1. The van der Waals surface area contributed by atoms with E-state index in [4.69, 9.17) is 9.47 Å². The van der Waals surface area contributed by atoms with Crippen LogP contribution in [0.15, 0.2) is 0 Å². The van der Waals surface area contributed by atoms with Gasteiger partial charge in [-0.25, -0.2) is 0 Å². The average molecular weight is 411 g/mol. The summed E-state index contributed by atoms with van der Waals surface area (Å²) >= 11 is 0. The first-order valence-electron chi connectivity index (χ1n) is 10.9. The normalized spacial score (nSPS) is 35.1. The molecular weight excluding hydrogens is 376 g/mol.